The van der Waals surface area contributed by atoms with E-state index in [-0.39, 0.29) is 11.9 Å². The standard InChI is InChI=1S/C10H17NO2/c1-13-10(12)8-5-6-11-9-4-2-3-7(8)9/h7-9,11H,2-6H2,1H3/t7-,8-,9-/m1/s1. The summed E-state index contributed by atoms with van der Waals surface area (Å²) in [5, 5.41) is 3.48. The van der Waals surface area contributed by atoms with Crippen LogP contribution in [-0.4, -0.2) is 25.7 Å². The average Bonchev–Trinajstić information content (AvgIpc) is 2.63. The second kappa shape index (κ2) is 3.66. The second-order valence-electron chi connectivity index (χ2n) is 4.07. The van der Waals surface area contributed by atoms with Gasteiger partial charge in [-0.15, -0.1) is 0 Å². The quantitative estimate of drug-likeness (QED) is 0.615. The summed E-state index contributed by atoms with van der Waals surface area (Å²) in [6.45, 7) is 0.973. The summed E-state index contributed by atoms with van der Waals surface area (Å²) in [5.41, 5.74) is 0. The molecule has 3 heteroatoms. The molecule has 1 N–H and O–H groups in total. The molecule has 13 heavy (non-hydrogen) atoms. The highest BCUT2D eigenvalue weighted by atomic mass is 16.5. The first-order chi connectivity index (χ1) is 6.33. The first kappa shape index (κ1) is 9.00. The maximum atomic E-state index is 11.5. The Kier molecular flexibility index (Phi) is 2.54. The minimum Gasteiger partial charge on any atom is -0.469 e. The molecule has 0 aromatic carbocycles. The highest BCUT2D eigenvalue weighted by molar-refractivity contribution is 5.73. The van der Waals surface area contributed by atoms with E-state index >= 15 is 0 Å². The first-order valence-corrected chi connectivity index (χ1v) is 5.14. The third-order valence-electron chi connectivity index (χ3n) is 3.45. The molecule has 0 bridgehead atoms. The summed E-state index contributed by atoms with van der Waals surface area (Å²) >= 11 is 0. The lowest BCUT2D eigenvalue weighted by atomic mass is 9.82. The molecule has 0 spiro atoms. The van der Waals surface area contributed by atoms with Crippen LogP contribution in [0.2, 0.25) is 0 Å². The maximum absolute atomic E-state index is 11.5. The zero-order valence-corrected chi connectivity index (χ0v) is 8.08. The third-order valence-corrected chi connectivity index (χ3v) is 3.45. The van der Waals surface area contributed by atoms with Gasteiger partial charge in [0.15, 0.2) is 0 Å². The van der Waals surface area contributed by atoms with Crippen LogP contribution < -0.4 is 5.32 Å². The Bertz CT molecular complexity index is 205. The number of rotatable bonds is 1. The zero-order valence-electron chi connectivity index (χ0n) is 8.08. The van der Waals surface area contributed by atoms with Gasteiger partial charge in [0.25, 0.3) is 0 Å². The molecule has 0 radical (unpaired) electrons. The number of methoxy groups -OCH3 is 1. The Morgan fingerprint density at radius 2 is 2.23 bits per heavy atom. The second-order valence-corrected chi connectivity index (χ2v) is 4.07. The highest BCUT2D eigenvalue weighted by Crippen LogP contribution is 2.36. The molecule has 74 valence electrons. The van der Waals surface area contributed by atoms with Crippen LogP contribution >= 0.6 is 0 Å². The van der Waals surface area contributed by atoms with Gasteiger partial charge in [0.05, 0.1) is 13.0 Å². The van der Waals surface area contributed by atoms with Crippen molar-refractivity contribution in [1.29, 1.82) is 0 Å². The summed E-state index contributed by atoms with van der Waals surface area (Å²) in [6.07, 6.45) is 4.64. The van der Waals surface area contributed by atoms with Gasteiger partial charge < -0.3 is 10.1 Å². The van der Waals surface area contributed by atoms with Crippen LogP contribution in [0.5, 0.6) is 0 Å². The van der Waals surface area contributed by atoms with E-state index in [1.807, 2.05) is 0 Å². The van der Waals surface area contributed by atoms with Crippen LogP contribution in [0.3, 0.4) is 0 Å². The van der Waals surface area contributed by atoms with Gasteiger partial charge in [-0.3, -0.25) is 4.79 Å². The topological polar surface area (TPSA) is 38.3 Å². The van der Waals surface area contributed by atoms with E-state index in [9.17, 15) is 4.79 Å². The Balaban J connectivity index is 2.05. The van der Waals surface area contributed by atoms with Crippen molar-refractivity contribution in [2.75, 3.05) is 13.7 Å². The molecule has 2 fully saturated rings. The Labute approximate surface area is 78.8 Å². The summed E-state index contributed by atoms with van der Waals surface area (Å²) in [5.74, 6) is 0.707. The molecule has 0 unspecified atom stereocenters. The van der Waals surface area contributed by atoms with Crippen molar-refractivity contribution in [2.24, 2.45) is 11.8 Å². The number of ether oxygens (including phenoxy) is 1. The molecule has 2 rings (SSSR count). The Morgan fingerprint density at radius 3 is 3.00 bits per heavy atom. The van der Waals surface area contributed by atoms with E-state index in [1.54, 1.807) is 0 Å². The molecule has 3 nitrogen and oxygen atoms in total. The van der Waals surface area contributed by atoms with Crippen molar-refractivity contribution < 1.29 is 9.53 Å². The summed E-state index contributed by atoms with van der Waals surface area (Å²) in [4.78, 5) is 11.5. The van der Waals surface area contributed by atoms with Crippen molar-refractivity contribution in [1.82, 2.24) is 5.32 Å². The van der Waals surface area contributed by atoms with E-state index in [2.05, 4.69) is 5.32 Å². The third kappa shape index (κ3) is 1.57. The normalized spacial score (nSPS) is 38.4. The zero-order chi connectivity index (χ0) is 9.26. The number of carbonyl (C=O) groups excluding carboxylic acids is 1. The Morgan fingerprint density at radius 1 is 1.38 bits per heavy atom. The van der Waals surface area contributed by atoms with Gasteiger partial charge in [0, 0.05) is 6.04 Å². The lowest BCUT2D eigenvalue weighted by Gasteiger charge is -2.32. The largest absolute Gasteiger partial charge is 0.469 e. The molecule has 1 aliphatic carbocycles. The molecule has 1 heterocycles. The number of hydrogen-bond acceptors (Lipinski definition) is 3. The minimum absolute atomic E-state index is 0.00148. The summed E-state index contributed by atoms with van der Waals surface area (Å²) in [6, 6.07) is 0.581. The Hall–Kier alpha value is -0.570. The number of piperidine rings is 1. The highest BCUT2D eigenvalue weighted by Gasteiger charge is 2.40. The fraction of sp³-hybridized carbons (Fsp3) is 0.900. The van der Waals surface area contributed by atoms with Crippen molar-refractivity contribution in [3.05, 3.63) is 0 Å². The number of fused-ring (bicyclic) bond motifs is 1. The van der Waals surface area contributed by atoms with Gasteiger partial charge in [-0.1, -0.05) is 6.42 Å². The maximum Gasteiger partial charge on any atom is 0.309 e. The van der Waals surface area contributed by atoms with Gasteiger partial charge in [-0.2, -0.15) is 0 Å². The minimum atomic E-state index is -0.00148. The monoisotopic (exact) mass is 183 g/mol. The molecule has 0 aromatic rings. The molecule has 3 atom stereocenters. The average molecular weight is 183 g/mol. The number of carbonyl (C=O) groups is 1. The fourth-order valence-electron chi connectivity index (χ4n) is 2.81. The van der Waals surface area contributed by atoms with E-state index in [1.165, 1.54) is 26.4 Å². The van der Waals surface area contributed by atoms with Gasteiger partial charge in [-0.05, 0) is 31.7 Å². The number of esters is 1. The lowest BCUT2D eigenvalue weighted by molar-refractivity contribution is -0.148. The van der Waals surface area contributed by atoms with Crippen molar-refractivity contribution in [2.45, 2.75) is 31.7 Å². The molecule has 1 saturated heterocycles. The van der Waals surface area contributed by atoms with E-state index in [0.29, 0.717) is 12.0 Å². The van der Waals surface area contributed by atoms with Crippen LogP contribution in [0.25, 0.3) is 0 Å². The lowest BCUT2D eigenvalue weighted by Crippen LogP contribution is -2.45. The van der Waals surface area contributed by atoms with Crippen LogP contribution in [0.1, 0.15) is 25.7 Å². The van der Waals surface area contributed by atoms with E-state index in [4.69, 9.17) is 4.74 Å². The molecule has 0 aromatic heterocycles. The molecular formula is C10H17NO2. The molecule has 0 amide bonds. The van der Waals surface area contributed by atoms with Gasteiger partial charge >= 0.3 is 5.97 Å². The number of nitrogens with one attached hydrogen (secondary N) is 1. The van der Waals surface area contributed by atoms with Crippen LogP contribution in [0.15, 0.2) is 0 Å². The van der Waals surface area contributed by atoms with Crippen LogP contribution in [-0.2, 0) is 9.53 Å². The predicted molar refractivity (Wildman–Crippen MR) is 49.3 cm³/mol. The van der Waals surface area contributed by atoms with Crippen molar-refractivity contribution >= 4 is 5.97 Å². The van der Waals surface area contributed by atoms with Crippen LogP contribution in [0, 0.1) is 11.8 Å². The fourth-order valence-corrected chi connectivity index (χ4v) is 2.81. The van der Waals surface area contributed by atoms with E-state index < -0.39 is 0 Å². The van der Waals surface area contributed by atoms with Gasteiger partial charge in [-0.25, -0.2) is 0 Å². The number of hydrogen-bond donors (Lipinski definition) is 1. The van der Waals surface area contributed by atoms with Gasteiger partial charge in [0.1, 0.15) is 0 Å². The molecule has 2 aliphatic rings. The first-order valence-electron chi connectivity index (χ1n) is 5.14. The molecule has 1 saturated carbocycles. The summed E-state index contributed by atoms with van der Waals surface area (Å²) in [7, 11) is 1.49. The van der Waals surface area contributed by atoms with Crippen molar-refractivity contribution in [3.63, 3.8) is 0 Å². The predicted octanol–water partition coefficient (Wildman–Crippen LogP) is 0.938. The molecule has 1 aliphatic heterocycles. The summed E-state index contributed by atoms with van der Waals surface area (Å²) < 4.78 is 4.83. The van der Waals surface area contributed by atoms with E-state index in [0.717, 1.165) is 13.0 Å². The van der Waals surface area contributed by atoms with Gasteiger partial charge in [0.2, 0.25) is 0 Å². The SMILES string of the molecule is COC(=O)[C@@H]1CCN[C@@H]2CCC[C@@H]21. The van der Waals surface area contributed by atoms with Crippen molar-refractivity contribution in [3.8, 4) is 0 Å². The van der Waals surface area contributed by atoms with Crippen LogP contribution in [0.4, 0.5) is 0 Å². The molecular weight excluding hydrogens is 166 g/mol. The smallest absolute Gasteiger partial charge is 0.309 e.